The van der Waals surface area contributed by atoms with Gasteiger partial charge in [0.15, 0.2) is 0 Å². The number of hydrogen-bond acceptors (Lipinski definition) is 4. The highest BCUT2D eigenvalue weighted by Crippen LogP contribution is 2.29. The average Bonchev–Trinajstić information content (AvgIpc) is 2.48. The van der Waals surface area contributed by atoms with E-state index >= 15 is 0 Å². The molecule has 1 aromatic carbocycles. The lowest BCUT2D eigenvalue weighted by Gasteiger charge is -2.39. The third kappa shape index (κ3) is 3.51. The molecule has 2 rings (SSSR count). The van der Waals surface area contributed by atoms with E-state index in [1.165, 1.54) is 5.56 Å². The molecule has 2 atom stereocenters. The third-order valence-corrected chi connectivity index (χ3v) is 4.35. The van der Waals surface area contributed by atoms with Crippen LogP contribution in [0.4, 0.5) is 0 Å². The van der Waals surface area contributed by atoms with Crippen molar-refractivity contribution in [2.24, 2.45) is 0 Å². The van der Waals surface area contributed by atoms with Crippen molar-refractivity contribution in [2.45, 2.75) is 18.5 Å². The fourth-order valence-corrected chi connectivity index (χ4v) is 2.98. The number of hydrogen-bond donors (Lipinski definition) is 1. The minimum Gasteiger partial charge on any atom is -0.496 e. The molecule has 0 aliphatic carbocycles. The Morgan fingerprint density at radius 3 is 2.75 bits per heavy atom. The SMILES string of the molecule is CNC(CC1CN(C)CCN1C)c1ccccc1OC. The number of methoxy groups -OCH3 is 1. The molecule has 0 bridgehead atoms. The largest absolute Gasteiger partial charge is 0.496 e. The van der Waals surface area contributed by atoms with Gasteiger partial charge in [0, 0.05) is 37.3 Å². The number of ether oxygens (including phenoxy) is 1. The number of rotatable bonds is 5. The molecule has 1 saturated heterocycles. The number of benzene rings is 1. The van der Waals surface area contributed by atoms with E-state index in [0.29, 0.717) is 12.1 Å². The van der Waals surface area contributed by atoms with Gasteiger partial charge in [-0.15, -0.1) is 0 Å². The summed E-state index contributed by atoms with van der Waals surface area (Å²) in [5.74, 6) is 0.971. The van der Waals surface area contributed by atoms with Crippen LogP contribution in [0.3, 0.4) is 0 Å². The second-order valence-corrected chi connectivity index (χ2v) is 5.72. The van der Waals surface area contributed by atoms with Crippen molar-refractivity contribution in [3.8, 4) is 5.75 Å². The van der Waals surface area contributed by atoms with E-state index in [1.54, 1.807) is 7.11 Å². The third-order valence-electron chi connectivity index (χ3n) is 4.35. The van der Waals surface area contributed by atoms with Gasteiger partial charge in [-0.1, -0.05) is 18.2 Å². The van der Waals surface area contributed by atoms with Crippen LogP contribution in [0.1, 0.15) is 18.0 Å². The Hall–Kier alpha value is -1.10. The maximum absolute atomic E-state index is 5.50. The predicted octanol–water partition coefficient (Wildman–Crippen LogP) is 1.59. The first-order valence-corrected chi connectivity index (χ1v) is 7.34. The van der Waals surface area contributed by atoms with Crippen molar-refractivity contribution in [1.29, 1.82) is 0 Å². The number of likely N-dealkylation sites (N-methyl/N-ethyl adjacent to an activating group) is 2. The molecule has 2 unspecified atom stereocenters. The molecule has 112 valence electrons. The number of piperazine rings is 1. The Labute approximate surface area is 122 Å². The second kappa shape index (κ2) is 7.07. The van der Waals surface area contributed by atoms with Crippen molar-refractivity contribution < 1.29 is 4.74 Å². The van der Waals surface area contributed by atoms with E-state index in [4.69, 9.17) is 4.74 Å². The fraction of sp³-hybridized carbons (Fsp3) is 0.625. The zero-order valence-corrected chi connectivity index (χ0v) is 13.1. The molecule has 4 heteroatoms. The molecule has 0 aromatic heterocycles. The topological polar surface area (TPSA) is 27.7 Å². The Morgan fingerprint density at radius 2 is 2.05 bits per heavy atom. The van der Waals surface area contributed by atoms with Crippen LogP contribution < -0.4 is 10.1 Å². The van der Waals surface area contributed by atoms with Gasteiger partial charge in [-0.3, -0.25) is 0 Å². The number of para-hydroxylation sites is 1. The first-order chi connectivity index (χ1) is 9.65. The summed E-state index contributed by atoms with van der Waals surface area (Å²) in [6.07, 6.45) is 1.09. The molecule has 1 N–H and O–H groups in total. The molecule has 0 spiro atoms. The molecule has 1 aliphatic rings. The Kier molecular flexibility index (Phi) is 5.40. The lowest BCUT2D eigenvalue weighted by atomic mass is 9.96. The van der Waals surface area contributed by atoms with Gasteiger partial charge < -0.3 is 19.9 Å². The van der Waals surface area contributed by atoms with Gasteiger partial charge in [0.2, 0.25) is 0 Å². The molecule has 1 heterocycles. The van der Waals surface area contributed by atoms with Gasteiger partial charge in [0.1, 0.15) is 5.75 Å². The minimum atomic E-state index is 0.324. The Morgan fingerprint density at radius 1 is 1.30 bits per heavy atom. The van der Waals surface area contributed by atoms with E-state index in [-0.39, 0.29) is 0 Å². The zero-order valence-electron chi connectivity index (χ0n) is 13.1. The quantitative estimate of drug-likeness (QED) is 0.884. The van der Waals surface area contributed by atoms with Gasteiger partial charge in [0.05, 0.1) is 7.11 Å². The van der Waals surface area contributed by atoms with E-state index in [9.17, 15) is 0 Å². The van der Waals surface area contributed by atoms with Gasteiger partial charge in [-0.25, -0.2) is 0 Å². The Balaban J connectivity index is 2.12. The van der Waals surface area contributed by atoms with Gasteiger partial charge >= 0.3 is 0 Å². The first kappa shape index (κ1) is 15.3. The summed E-state index contributed by atoms with van der Waals surface area (Å²) in [7, 11) is 8.21. The molecule has 1 fully saturated rings. The molecule has 20 heavy (non-hydrogen) atoms. The van der Waals surface area contributed by atoms with Crippen LogP contribution in [0.25, 0.3) is 0 Å². The van der Waals surface area contributed by atoms with E-state index in [0.717, 1.165) is 31.8 Å². The van der Waals surface area contributed by atoms with Crippen molar-refractivity contribution in [3.05, 3.63) is 29.8 Å². The first-order valence-electron chi connectivity index (χ1n) is 7.34. The van der Waals surface area contributed by atoms with E-state index < -0.39 is 0 Å². The fourth-order valence-electron chi connectivity index (χ4n) is 2.98. The van der Waals surface area contributed by atoms with Crippen molar-refractivity contribution >= 4 is 0 Å². The molecular weight excluding hydrogens is 250 g/mol. The van der Waals surface area contributed by atoms with Crippen LogP contribution in [0.15, 0.2) is 24.3 Å². The van der Waals surface area contributed by atoms with Crippen LogP contribution in [-0.2, 0) is 0 Å². The molecule has 1 aromatic rings. The highest BCUT2D eigenvalue weighted by Gasteiger charge is 2.26. The predicted molar refractivity (Wildman–Crippen MR) is 83.3 cm³/mol. The monoisotopic (exact) mass is 277 g/mol. The smallest absolute Gasteiger partial charge is 0.123 e. The summed E-state index contributed by atoms with van der Waals surface area (Å²) in [5, 5.41) is 3.45. The summed E-state index contributed by atoms with van der Waals surface area (Å²) in [4.78, 5) is 4.89. The summed E-state index contributed by atoms with van der Waals surface area (Å²) in [6, 6.07) is 9.21. The maximum Gasteiger partial charge on any atom is 0.123 e. The van der Waals surface area contributed by atoms with Crippen molar-refractivity contribution in [2.75, 3.05) is 47.9 Å². The van der Waals surface area contributed by atoms with Gasteiger partial charge in [-0.2, -0.15) is 0 Å². The van der Waals surface area contributed by atoms with Crippen LogP contribution in [0.2, 0.25) is 0 Å². The summed E-state index contributed by atoms with van der Waals surface area (Å²) in [5.41, 5.74) is 1.25. The summed E-state index contributed by atoms with van der Waals surface area (Å²) < 4.78 is 5.50. The molecule has 0 amide bonds. The molecule has 4 nitrogen and oxygen atoms in total. The lowest BCUT2D eigenvalue weighted by Crippen LogP contribution is -2.50. The van der Waals surface area contributed by atoms with Crippen molar-refractivity contribution in [3.63, 3.8) is 0 Å². The highest BCUT2D eigenvalue weighted by atomic mass is 16.5. The second-order valence-electron chi connectivity index (χ2n) is 5.72. The molecular formula is C16H27N3O. The summed E-state index contributed by atoms with van der Waals surface area (Å²) in [6.45, 7) is 3.43. The molecule has 1 aliphatic heterocycles. The molecule has 0 radical (unpaired) electrons. The van der Waals surface area contributed by atoms with Gasteiger partial charge in [-0.05, 0) is 33.6 Å². The van der Waals surface area contributed by atoms with E-state index in [1.807, 2.05) is 19.2 Å². The van der Waals surface area contributed by atoms with Crippen molar-refractivity contribution in [1.82, 2.24) is 15.1 Å². The normalized spacial score (nSPS) is 22.7. The number of nitrogens with zero attached hydrogens (tertiary/aromatic N) is 2. The average molecular weight is 277 g/mol. The van der Waals surface area contributed by atoms with E-state index in [2.05, 4.69) is 41.3 Å². The minimum absolute atomic E-state index is 0.324. The van der Waals surface area contributed by atoms with Crippen LogP contribution in [0, 0.1) is 0 Å². The maximum atomic E-state index is 5.50. The standard InChI is InChI=1S/C16H27N3O/c1-17-15(14-7-5-6-8-16(14)20-4)11-13-12-18(2)9-10-19(13)3/h5-8,13,15,17H,9-12H2,1-4H3. The molecule has 0 saturated carbocycles. The van der Waals surface area contributed by atoms with Crippen LogP contribution in [-0.4, -0.2) is 63.7 Å². The lowest BCUT2D eigenvalue weighted by molar-refractivity contribution is 0.101. The van der Waals surface area contributed by atoms with Crippen LogP contribution >= 0.6 is 0 Å². The van der Waals surface area contributed by atoms with Gasteiger partial charge in [0.25, 0.3) is 0 Å². The highest BCUT2D eigenvalue weighted by molar-refractivity contribution is 5.36. The Bertz CT molecular complexity index is 424. The zero-order chi connectivity index (χ0) is 14.5. The van der Waals surface area contributed by atoms with Crippen LogP contribution in [0.5, 0.6) is 5.75 Å². The summed E-state index contributed by atoms with van der Waals surface area (Å²) >= 11 is 0. The number of nitrogens with one attached hydrogen (secondary N) is 1.